The van der Waals surface area contributed by atoms with Gasteiger partial charge in [0, 0.05) is 11.1 Å². The van der Waals surface area contributed by atoms with E-state index in [1.165, 1.54) is 0 Å². The van der Waals surface area contributed by atoms with Gasteiger partial charge in [-0.15, -0.1) is 0 Å². The van der Waals surface area contributed by atoms with Crippen LogP contribution in [0.15, 0.2) is 84.8 Å². The van der Waals surface area contributed by atoms with Gasteiger partial charge < -0.3 is 0 Å². The summed E-state index contributed by atoms with van der Waals surface area (Å²) in [7, 11) is 0. The molecule has 0 fully saturated rings. The lowest BCUT2D eigenvalue weighted by molar-refractivity contribution is 1.07. The number of nitrogens with zero attached hydrogens (tertiary/aromatic N) is 3. The Hall–Kier alpha value is -3.30. The molecule has 0 amide bonds. The third-order valence-corrected chi connectivity index (χ3v) is 4.50. The molecule has 0 radical (unpaired) electrons. The van der Waals surface area contributed by atoms with Crippen LogP contribution in [0.3, 0.4) is 0 Å². The molecule has 0 aliphatic heterocycles. The summed E-state index contributed by atoms with van der Waals surface area (Å²) in [6.07, 6.45) is 0. The predicted molar refractivity (Wildman–Crippen MR) is 111 cm³/mol. The molecule has 1 aromatic heterocycles. The summed E-state index contributed by atoms with van der Waals surface area (Å²) in [5.41, 5.74) is 0.555. The molecule has 5 aromatic rings. The fourth-order valence-electron chi connectivity index (χ4n) is 3.10. The molecule has 0 N–H and O–H groups in total. The molecule has 4 aromatic carbocycles. The van der Waals surface area contributed by atoms with E-state index in [9.17, 15) is 0 Å². The molecule has 0 spiro atoms. The number of benzene rings is 4. The number of hydrogen-bond acceptors (Lipinski definition) is 3. The molecule has 0 aliphatic rings. The lowest BCUT2D eigenvalue weighted by Gasteiger charge is -2.08. The van der Waals surface area contributed by atoms with Crippen molar-refractivity contribution in [3.8, 4) is 22.8 Å². The average molecular weight is 373 g/mol. The van der Waals surface area contributed by atoms with Crippen LogP contribution >= 0.6 is 11.6 Å². The molecule has 0 bridgehead atoms. The lowest BCUT2D eigenvalue weighted by atomic mass is 10.00. The molecule has 128 valence electrons. The Morgan fingerprint density at radius 3 is 2.22 bits per heavy atom. The van der Waals surface area contributed by atoms with E-state index >= 15 is 0 Å². The highest BCUT2D eigenvalue weighted by molar-refractivity contribution is 6.28. The van der Waals surface area contributed by atoms with Crippen LogP contribution in [0.1, 0.15) is 6.85 Å². The van der Waals surface area contributed by atoms with Gasteiger partial charge >= 0.3 is 0 Å². The first-order valence-electron chi connectivity index (χ1n) is 10.8. The van der Waals surface area contributed by atoms with Crippen LogP contribution in [0.4, 0.5) is 0 Å². The summed E-state index contributed by atoms with van der Waals surface area (Å²) in [6, 6.07) is 15.8. The van der Waals surface area contributed by atoms with E-state index in [0.29, 0.717) is 5.56 Å². The van der Waals surface area contributed by atoms with Gasteiger partial charge in [0.2, 0.25) is 5.28 Å². The molecular formula is C23H14ClN3. The topological polar surface area (TPSA) is 38.7 Å². The monoisotopic (exact) mass is 372 g/mol. The fraction of sp³-hybridized carbons (Fsp3) is 0. The fourth-order valence-corrected chi connectivity index (χ4v) is 3.27. The Kier molecular flexibility index (Phi) is 2.73. The van der Waals surface area contributed by atoms with Gasteiger partial charge in [-0.1, -0.05) is 78.7 Å². The molecule has 1 heterocycles. The Bertz CT molecular complexity index is 1530. The Labute approximate surface area is 168 Å². The van der Waals surface area contributed by atoms with Crippen LogP contribution < -0.4 is 0 Å². The summed E-state index contributed by atoms with van der Waals surface area (Å²) in [5.74, 6) is 0.178. The van der Waals surface area contributed by atoms with Crippen molar-refractivity contribution in [3.05, 3.63) is 90.1 Å². The largest absolute Gasteiger partial charge is 0.226 e. The molecule has 0 saturated heterocycles. The highest BCUT2D eigenvalue weighted by Crippen LogP contribution is 2.29. The molecule has 0 atom stereocenters. The van der Waals surface area contributed by atoms with Gasteiger partial charge in [0.15, 0.2) is 11.6 Å². The van der Waals surface area contributed by atoms with Crippen molar-refractivity contribution in [2.75, 3.05) is 0 Å². The standard InChI is InChI=1S/C23H14ClN3/c24-23-26-21(16-7-2-1-3-8-16)25-22(27-23)18-12-13-20-17(14-18)11-10-15-6-4-5-9-19(15)20/h1-14H/i1D,2D,3D,7D,8D. The summed E-state index contributed by atoms with van der Waals surface area (Å²) in [5, 5.41) is 4.21. The summed E-state index contributed by atoms with van der Waals surface area (Å²) in [6.45, 7) is 0. The van der Waals surface area contributed by atoms with Crippen LogP contribution in [-0.2, 0) is 0 Å². The number of halogens is 1. The maximum Gasteiger partial charge on any atom is 0.226 e. The van der Waals surface area contributed by atoms with Crippen molar-refractivity contribution in [1.29, 1.82) is 0 Å². The maximum absolute atomic E-state index is 8.19. The van der Waals surface area contributed by atoms with Crippen molar-refractivity contribution in [3.63, 3.8) is 0 Å². The van der Waals surface area contributed by atoms with Gasteiger partial charge in [-0.05, 0) is 39.2 Å². The van der Waals surface area contributed by atoms with Crippen LogP contribution in [0, 0.1) is 0 Å². The Balaban J connectivity index is 1.70. The van der Waals surface area contributed by atoms with E-state index in [4.69, 9.17) is 18.5 Å². The van der Waals surface area contributed by atoms with Crippen LogP contribution in [0.25, 0.3) is 44.3 Å². The third kappa shape index (κ3) is 2.92. The van der Waals surface area contributed by atoms with E-state index in [2.05, 4.69) is 27.1 Å². The van der Waals surface area contributed by atoms with Crippen molar-refractivity contribution in [2.24, 2.45) is 0 Å². The summed E-state index contributed by atoms with van der Waals surface area (Å²) in [4.78, 5) is 12.7. The smallest absolute Gasteiger partial charge is 0.208 e. The van der Waals surface area contributed by atoms with E-state index in [-0.39, 0.29) is 22.5 Å². The van der Waals surface area contributed by atoms with Gasteiger partial charge in [0.1, 0.15) is 0 Å². The number of rotatable bonds is 2. The molecule has 5 rings (SSSR count). The molecular weight excluding hydrogens is 354 g/mol. The second-order valence-electron chi connectivity index (χ2n) is 5.97. The van der Waals surface area contributed by atoms with Gasteiger partial charge in [-0.2, -0.15) is 9.97 Å². The molecule has 3 nitrogen and oxygen atoms in total. The van der Waals surface area contributed by atoms with Crippen LogP contribution in [0.5, 0.6) is 0 Å². The molecule has 4 heteroatoms. The first-order valence-corrected chi connectivity index (χ1v) is 8.63. The minimum atomic E-state index is -0.481. The first-order chi connectivity index (χ1) is 15.3. The minimum absolute atomic E-state index is 0.0735. The summed E-state index contributed by atoms with van der Waals surface area (Å²) >= 11 is 6.15. The van der Waals surface area contributed by atoms with E-state index in [1.54, 1.807) is 0 Å². The second-order valence-corrected chi connectivity index (χ2v) is 6.31. The highest BCUT2D eigenvalue weighted by Gasteiger charge is 2.10. The zero-order chi connectivity index (χ0) is 22.6. The molecule has 0 unspecified atom stereocenters. The normalized spacial score (nSPS) is 13.7. The van der Waals surface area contributed by atoms with E-state index < -0.39 is 30.2 Å². The average Bonchev–Trinajstić information content (AvgIpc) is 2.81. The van der Waals surface area contributed by atoms with Gasteiger partial charge in [0.05, 0.1) is 6.85 Å². The number of hydrogen-bond donors (Lipinski definition) is 0. The first kappa shape index (κ1) is 11.4. The van der Waals surface area contributed by atoms with Gasteiger partial charge in [0.25, 0.3) is 0 Å². The maximum atomic E-state index is 8.19. The molecule has 27 heavy (non-hydrogen) atoms. The zero-order valence-electron chi connectivity index (χ0n) is 18.9. The van der Waals surface area contributed by atoms with E-state index in [1.807, 2.05) is 42.5 Å². The molecule has 0 saturated carbocycles. The lowest BCUT2D eigenvalue weighted by Crippen LogP contribution is -1.97. The SMILES string of the molecule is [2H]c1c([2H])c([2H])c(-c2nc(Cl)nc(-c3ccc4c(ccc5ccccc54)c3)n2)c([2H])c1[2H]. The molecule has 0 aliphatic carbocycles. The Morgan fingerprint density at radius 1 is 0.667 bits per heavy atom. The van der Waals surface area contributed by atoms with Crippen LogP contribution in [0.2, 0.25) is 5.28 Å². The quantitative estimate of drug-likeness (QED) is 0.348. The van der Waals surface area contributed by atoms with E-state index in [0.717, 1.165) is 21.5 Å². The van der Waals surface area contributed by atoms with Crippen molar-refractivity contribution in [1.82, 2.24) is 15.0 Å². The van der Waals surface area contributed by atoms with Gasteiger partial charge in [-0.3, -0.25) is 0 Å². The van der Waals surface area contributed by atoms with Crippen molar-refractivity contribution in [2.45, 2.75) is 0 Å². The van der Waals surface area contributed by atoms with Crippen molar-refractivity contribution >= 4 is 33.1 Å². The second kappa shape index (κ2) is 6.45. The summed E-state index contributed by atoms with van der Waals surface area (Å²) < 4.78 is 40.0. The highest BCUT2D eigenvalue weighted by atomic mass is 35.5. The van der Waals surface area contributed by atoms with Gasteiger partial charge in [-0.25, -0.2) is 4.98 Å². The minimum Gasteiger partial charge on any atom is -0.208 e. The predicted octanol–water partition coefficient (Wildman–Crippen LogP) is 6.17. The number of aromatic nitrogens is 3. The third-order valence-electron chi connectivity index (χ3n) is 4.33. The Morgan fingerprint density at radius 2 is 1.37 bits per heavy atom. The van der Waals surface area contributed by atoms with Crippen LogP contribution in [-0.4, -0.2) is 15.0 Å². The van der Waals surface area contributed by atoms with Crippen molar-refractivity contribution < 1.29 is 6.85 Å². The zero-order valence-corrected chi connectivity index (χ0v) is 14.7. The number of fused-ring (bicyclic) bond motifs is 3.